The van der Waals surface area contributed by atoms with E-state index in [-0.39, 0.29) is 22.4 Å². The molecule has 6 nitrogen and oxygen atoms in total. The quantitative estimate of drug-likeness (QED) is 0.705. The average Bonchev–Trinajstić information content (AvgIpc) is 2.55. The molecule has 0 aliphatic carbocycles. The van der Waals surface area contributed by atoms with Gasteiger partial charge in [0.25, 0.3) is 0 Å². The first-order chi connectivity index (χ1) is 11.4. The molecule has 0 spiro atoms. The van der Waals surface area contributed by atoms with Crippen molar-refractivity contribution in [1.82, 2.24) is 0 Å². The Labute approximate surface area is 139 Å². The third-order valence-corrected chi connectivity index (χ3v) is 3.82. The van der Waals surface area contributed by atoms with Crippen molar-refractivity contribution in [1.29, 1.82) is 0 Å². The second-order valence-electron chi connectivity index (χ2n) is 5.21. The summed E-state index contributed by atoms with van der Waals surface area (Å²) in [6.07, 6.45) is 0. The Morgan fingerprint density at radius 3 is 2.17 bits per heavy atom. The molecule has 0 heterocycles. The van der Waals surface area contributed by atoms with Gasteiger partial charge in [-0.15, -0.1) is 0 Å². The number of nitrogens with zero attached hydrogens (tertiary/aromatic N) is 1. The van der Waals surface area contributed by atoms with Crippen LogP contribution in [0.1, 0.15) is 40.1 Å². The van der Waals surface area contributed by atoms with E-state index in [4.69, 9.17) is 0 Å². The van der Waals surface area contributed by atoms with Crippen LogP contribution in [0.5, 0.6) is 11.5 Å². The fourth-order valence-corrected chi connectivity index (χ4v) is 2.58. The van der Waals surface area contributed by atoms with Crippen molar-refractivity contribution in [2.24, 2.45) is 0 Å². The fourth-order valence-electron chi connectivity index (χ4n) is 2.58. The summed E-state index contributed by atoms with van der Waals surface area (Å²) in [5.74, 6) is -2.38. The predicted molar refractivity (Wildman–Crippen MR) is 90.2 cm³/mol. The van der Waals surface area contributed by atoms with E-state index in [1.807, 2.05) is 13.8 Å². The van der Waals surface area contributed by atoms with Gasteiger partial charge in [-0.25, -0.2) is 4.79 Å². The zero-order valence-electron chi connectivity index (χ0n) is 13.5. The van der Waals surface area contributed by atoms with Gasteiger partial charge in [0.15, 0.2) is 0 Å². The lowest BCUT2D eigenvalue weighted by molar-refractivity contribution is 0.0696. The molecule has 0 amide bonds. The molecule has 0 saturated carbocycles. The molecule has 2 rings (SSSR count). The van der Waals surface area contributed by atoms with Crippen LogP contribution in [0.2, 0.25) is 0 Å². The maximum atomic E-state index is 12.8. The zero-order valence-corrected chi connectivity index (χ0v) is 13.5. The predicted octanol–water partition coefficient (Wildman–Crippen LogP) is 2.87. The number of carboxylic acid groups (broad SMARTS) is 1. The van der Waals surface area contributed by atoms with Gasteiger partial charge in [-0.3, -0.25) is 4.79 Å². The number of anilines is 1. The van der Waals surface area contributed by atoms with Gasteiger partial charge >= 0.3 is 5.97 Å². The van der Waals surface area contributed by atoms with Crippen molar-refractivity contribution < 1.29 is 24.9 Å². The Balaban J connectivity index is 2.70. The first kappa shape index (κ1) is 17.3. The molecule has 126 valence electrons. The highest BCUT2D eigenvalue weighted by Gasteiger charge is 2.25. The molecule has 0 atom stereocenters. The van der Waals surface area contributed by atoms with E-state index in [0.717, 1.165) is 6.07 Å². The highest BCUT2D eigenvalue weighted by Crippen LogP contribution is 2.34. The molecule has 0 radical (unpaired) electrons. The van der Waals surface area contributed by atoms with Crippen LogP contribution in [0.25, 0.3) is 0 Å². The van der Waals surface area contributed by atoms with E-state index in [2.05, 4.69) is 0 Å². The molecule has 0 fully saturated rings. The Morgan fingerprint density at radius 1 is 1.00 bits per heavy atom. The highest BCUT2D eigenvalue weighted by molar-refractivity contribution is 6.16. The molecule has 0 bridgehead atoms. The summed E-state index contributed by atoms with van der Waals surface area (Å²) in [6, 6.07) is 8.43. The van der Waals surface area contributed by atoms with Gasteiger partial charge in [0.2, 0.25) is 5.78 Å². The summed E-state index contributed by atoms with van der Waals surface area (Å²) in [4.78, 5) is 25.9. The van der Waals surface area contributed by atoms with Crippen molar-refractivity contribution in [3.8, 4) is 11.5 Å². The van der Waals surface area contributed by atoms with Crippen molar-refractivity contribution >= 4 is 17.4 Å². The maximum absolute atomic E-state index is 12.8. The van der Waals surface area contributed by atoms with E-state index >= 15 is 0 Å². The molecule has 2 aromatic rings. The van der Waals surface area contributed by atoms with Crippen LogP contribution in [0.15, 0.2) is 36.4 Å². The molecule has 24 heavy (non-hydrogen) atoms. The number of hydrogen-bond donors (Lipinski definition) is 3. The Kier molecular flexibility index (Phi) is 5.08. The molecule has 6 heteroatoms. The Bertz CT molecular complexity index is 781. The number of para-hydroxylation sites is 1. The summed E-state index contributed by atoms with van der Waals surface area (Å²) in [5, 5.41) is 29.4. The van der Waals surface area contributed by atoms with Crippen LogP contribution >= 0.6 is 0 Å². The summed E-state index contributed by atoms with van der Waals surface area (Å²) >= 11 is 0. The third-order valence-electron chi connectivity index (χ3n) is 3.82. The summed E-state index contributed by atoms with van der Waals surface area (Å²) in [5.41, 5.74) is 0.239. The average molecular weight is 329 g/mol. The van der Waals surface area contributed by atoms with Crippen LogP contribution in [-0.4, -0.2) is 40.2 Å². The first-order valence-corrected chi connectivity index (χ1v) is 7.58. The normalized spacial score (nSPS) is 10.4. The second-order valence-corrected chi connectivity index (χ2v) is 5.21. The van der Waals surface area contributed by atoms with E-state index in [9.17, 15) is 24.9 Å². The summed E-state index contributed by atoms with van der Waals surface area (Å²) in [6.45, 7) is 4.78. The number of phenolic OH excluding ortho intramolecular Hbond substituents is 2. The van der Waals surface area contributed by atoms with Gasteiger partial charge in [0.05, 0.1) is 22.4 Å². The summed E-state index contributed by atoms with van der Waals surface area (Å²) < 4.78 is 0. The molecule has 2 aromatic carbocycles. The number of carbonyl (C=O) groups excluding carboxylic acids is 1. The van der Waals surface area contributed by atoms with Gasteiger partial charge in [-0.05, 0) is 38.1 Å². The number of rotatable bonds is 6. The monoisotopic (exact) mass is 329 g/mol. The number of carbonyl (C=O) groups is 2. The summed E-state index contributed by atoms with van der Waals surface area (Å²) in [7, 11) is 0. The van der Waals surface area contributed by atoms with Crippen LogP contribution in [0, 0.1) is 0 Å². The number of benzene rings is 2. The van der Waals surface area contributed by atoms with Crippen molar-refractivity contribution in [3.05, 3.63) is 53.1 Å². The molecule has 0 aliphatic heterocycles. The highest BCUT2D eigenvalue weighted by atomic mass is 16.4. The molecule has 3 N–H and O–H groups in total. The molecule has 0 aromatic heterocycles. The van der Waals surface area contributed by atoms with Crippen LogP contribution in [0.4, 0.5) is 5.69 Å². The first-order valence-electron chi connectivity index (χ1n) is 7.58. The van der Waals surface area contributed by atoms with E-state index in [0.29, 0.717) is 18.8 Å². The van der Waals surface area contributed by atoms with Gasteiger partial charge in [0.1, 0.15) is 11.5 Å². The van der Waals surface area contributed by atoms with Crippen molar-refractivity contribution in [3.63, 3.8) is 0 Å². The minimum absolute atomic E-state index is 0.0230. The van der Waals surface area contributed by atoms with Gasteiger partial charge in [-0.2, -0.15) is 0 Å². The molecular weight excluding hydrogens is 310 g/mol. The van der Waals surface area contributed by atoms with E-state index in [1.165, 1.54) is 18.2 Å². The SMILES string of the molecule is CCN(CC)c1cc(C(=O)O)cc(O)c1C(=O)c1ccccc1O. The lowest BCUT2D eigenvalue weighted by Gasteiger charge is -2.25. The topological polar surface area (TPSA) is 98.1 Å². The number of hydrogen-bond acceptors (Lipinski definition) is 5. The van der Waals surface area contributed by atoms with Crippen molar-refractivity contribution in [2.45, 2.75) is 13.8 Å². The fraction of sp³-hybridized carbons (Fsp3) is 0.222. The maximum Gasteiger partial charge on any atom is 0.335 e. The Hall–Kier alpha value is -3.02. The van der Waals surface area contributed by atoms with E-state index < -0.39 is 17.5 Å². The number of carboxylic acids is 1. The molecular formula is C18H19NO5. The number of aromatic carboxylic acids is 1. The minimum Gasteiger partial charge on any atom is -0.507 e. The van der Waals surface area contributed by atoms with Gasteiger partial charge in [0, 0.05) is 13.1 Å². The van der Waals surface area contributed by atoms with Crippen LogP contribution in [-0.2, 0) is 0 Å². The standard InChI is InChI=1S/C18H19NO5/c1-3-19(4-2)13-9-11(18(23)24)10-15(21)16(13)17(22)12-7-5-6-8-14(12)20/h5-10,20-21H,3-4H2,1-2H3,(H,23,24). The van der Waals surface area contributed by atoms with Crippen LogP contribution in [0.3, 0.4) is 0 Å². The largest absolute Gasteiger partial charge is 0.507 e. The van der Waals surface area contributed by atoms with Crippen LogP contribution < -0.4 is 4.90 Å². The van der Waals surface area contributed by atoms with Crippen molar-refractivity contribution in [2.75, 3.05) is 18.0 Å². The lowest BCUT2D eigenvalue weighted by Crippen LogP contribution is -2.25. The van der Waals surface area contributed by atoms with E-state index in [1.54, 1.807) is 17.0 Å². The molecule has 0 unspecified atom stereocenters. The number of phenols is 2. The molecule has 0 aliphatic rings. The zero-order chi connectivity index (χ0) is 17.9. The lowest BCUT2D eigenvalue weighted by atomic mass is 9.97. The smallest absolute Gasteiger partial charge is 0.335 e. The van der Waals surface area contributed by atoms with Gasteiger partial charge < -0.3 is 20.2 Å². The third kappa shape index (κ3) is 3.17. The second kappa shape index (κ2) is 7.04. The number of aromatic hydroxyl groups is 2. The Morgan fingerprint density at radius 2 is 1.62 bits per heavy atom. The molecule has 0 saturated heterocycles. The van der Waals surface area contributed by atoms with Gasteiger partial charge in [-0.1, -0.05) is 12.1 Å². The minimum atomic E-state index is -1.19. The number of ketones is 1.